The Hall–Kier alpha value is -3.07. The Labute approximate surface area is 173 Å². The summed E-state index contributed by atoms with van der Waals surface area (Å²) >= 11 is 0. The molecular weight excluding hydrogens is 406 g/mol. The number of fused-ring (bicyclic) bond motifs is 2. The van der Waals surface area contributed by atoms with Gasteiger partial charge in [-0.2, -0.15) is 5.10 Å². The number of aromatic nitrogens is 2. The fourth-order valence-electron chi connectivity index (χ4n) is 4.18. The van der Waals surface area contributed by atoms with E-state index in [0.29, 0.717) is 28.5 Å². The summed E-state index contributed by atoms with van der Waals surface area (Å²) in [5.74, 6) is 0.193. The van der Waals surface area contributed by atoms with Crippen molar-refractivity contribution in [2.45, 2.75) is 36.0 Å². The zero-order valence-electron chi connectivity index (χ0n) is 16.4. The Morgan fingerprint density at radius 3 is 2.83 bits per heavy atom. The number of carbonyl (C=O) groups is 1. The van der Waals surface area contributed by atoms with Gasteiger partial charge in [0, 0.05) is 6.20 Å². The van der Waals surface area contributed by atoms with Crippen molar-refractivity contribution in [2.75, 3.05) is 13.7 Å². The average molecular weight is 427 g/mol. The van der Waals surface area contributed by atoms with Crippen LogP contribution in [0.1, 0.15) is 42.2 Å². The van der Waals surface area contributed by atoms with Crippen molar-refractivity contribution in [1.82, 2.24) is 14.3 Å². The Morgan fingerprint density at radius 2 is 2.10 bits per heavy atom. The fraction of sp³-hybridized carbons (Fsp3) is 0.333. The molecule has 9 heteroatoms. The van der Waals surface area contributed by atoms with Gasteiger partial charge in [0.15, 0.2) is 0 Å². The van der Waals surface area contributed by atoms with Crippen LogP contribution in [0.25, 0.3) is 5.52 Å². The van der Waals surface area contributed by atoms with Crippen molar-refractivity contribution in [3.63, 3.8) is 0 Å². The van der Waals surface area contributed by atoms with Gasteiger partial charge < -0.3 is 9.47 Å². The topological polar surface area (TPSA) is 99.0 Å². The van der Waals surface area contributed by atoms with Crippen LogP contribution in [-0.4, -0.2) is 37.7 Å². The summed E-state index contributed by atoms with van der Waals surface area (Å²) in [6.07, 6.45) is 6.49. The van der Waals surface area contributed by atoms with Crippen LogP contribution in [0.2, 0.25) is 0 Å². The molecule has 1 atom stereocenters. The van der Waals surface area contributed by atoms with Crippen LogP contribution in [0.4, 0.5) is 0 Å². The maximum atomic E-state index is 13.1. The number of ether oxygens (including phenoxy) is 2. The highest BCUT2D eigenvalue weighted by Gasteiger charge is 2.39. The van der Waals surface area contributed by atoms with Gasteiger partial charge in [0.2, 0.25) is 5.91 Å². The van der Waals surface area contributed by atoms with E-state index in [1.54, 1.807) is 18.3 Å². The summed E-state index contributed by atoms with van der Waals surface area (Å²) in [5, 5.41) is 4.04. The van der Waals surface area contributed by atoms with E-state index in [9.17, 15) is 13.2 Å². The van der Waals surface area contributed by atoms with E-state index in [4.69, 9.17) is 9.47 Å². The van der Waals surface area contributed by atoms with Crippen LogP contribution in [0.15, 0.2) is 47.6 Å². The normalized spacial score (nSPS) is 18.5. The molecule has 2 aliphatic rings. The minimum atomic E-state index is -4.09. The van der Waals surface area contributed by atoms with Gasteiger partial charge in [-0.3, -0.25) is 4.79 Å². The van der Waals surface area contributed by atoms with E-state index in [1.165, 1.54) is 30.3 Å². The molecule has 0 radical (unpaired) electrons. The first-order valence-corrected chi connectivity index (χ1v) is 11.3. The lowest BCUT2D eigenvalue weighted by atomic mass is 9.78. The molecular formula is C21H21N3O5S. The SMILES string of the molecule is COc1ccc(C2CCC2)c2c1C(C(=O)NS(=O)(=O)c1cccn3nccc13)CO2. The van der Waals surface area contributed by atoms with Gasteiger partial charge in [-0.15, -0.1) is 0 Å². The van der Waals surface area contributed by atoms with Crippen molar-refractivity contribution in [3.05, 3.63) is 53.9 Å². The van der Waals surface area contributed by atoms with Crippen molar-refractivity contribution in [3.8, 4) is 11.5 Å². The first-order chi connectivity index (χ1) is 14.5. The molecule has 1 aromatic carbocycles. The Bertz CT molecular complexity index is 1250. The van der Waals surface area contributed by atoms with E-state index in [2.05, 4.69) is 9.82 Å². The second-order valence-electron chi connectivity index (χ2n) is 7.59. The van der Waals surface area contributed by atoms with E-state index in [1.807, 2.05) is 12.1 Å². The van der Waals surface area contributed by atoms with Crippen LogP contribution in [0.3, 0.4) is 0 Å². The average Bonchev–Trinajstić information content (AvgIpc) is 3.33. The molecule has 1 aliphatic carbocycles. The Morgan fingerprint density at radius 1 is 1.27 bits per heavy atom. The lowest BCUT2D eigenvalue weighted by Gasteiger charge is -2.27. The molecule has 0 saturated heterocycles. The third-order valence-corrected chi connectivity index (χ3v) is 7.33. The number of nitrogens with zero attached hydrogens (tertiary/aromatic N) is 2. The largest absolute Gasteiger partial charge is 0.496 e. The molecule has 1 unspecified atom stereocenters. The molecule has 1 N–H and O–H groups in total. The second-order valence-corrected chi connectivity index (χ2v) is 9.25. The second kappa shape index (κ2) is 7.02. The van der Waals surface area contributed by atoms with Crippen molar-refractivity contribution in [2.24, 2.45) is 0 Å². The molecule has 0 spiro atoms. The number of methoxy groups -OCH3 is 1. The maximum Gasteiger partial charge on any atom is 0.266 e. The van der Waals surface area contributed by atoms with E-state index < -0.39 is 21.8 Å². The molecule has 156 valence electrons. The maximum absolute atomic E-state index is 13.1. The van der Waals surface area contributed by atoms with Crippen molar-refractivity contribution < 1.29 is 22.7 Å². The molecule has 1 aliphatic heterocycles. The highest BCUT2D eigenvalue weighted by Crippen LogP contribution is 2.49. The number of hydrogen-bond donors (Lipinski definition) is 1. The van der Waals surface area contributed by atoms with Gasteiger partial charge in [0.05, 0.1) is 24.4 Å². The van der Waals surface area contributed by atoms with Crippen LogP contribution in [0, 0.1) is 0 Å². The lowest BCUT2D eigenvalue weighted by molar-refractivity contribution is -0.121. The van der Waals surface area contributed by atoms with Crippen molar-refractivity contribution in [1.29, 1.82) is 0 Å². The number of benzene rings is 1. The van der Waals surface area contributed by atoms with Gasteiger partial charge in [0.1, 0.15) is 28.9 Å². The molecule has 2 aromatic heterocycles. The third-order valence-electron chi connectivity index (χ3n) is 5.93. The summed E-state index contributed by atoms with van der Waals surface area (Å²) < 4.78 is 40.9. The summed E-state index contributed by atoms with van der Waals surface area (Å²) in [6.45, 7) is 0.0770. The summed E-state index contributed by atoms with van der Waals surface area (Å²) in [7, 11) is -2.56. The Kier molecular flexibility index (Phi) is 4.43. The summed E-state index contributed by atoms with van der Waals surface area (Å²) in [6, 6.07) is 8.42. The zero-order chi connectivity index (χ0) is 20.9. The molecule has 5 rings (SSSR count). The highest BCUT2D eigenvalue weighted by atomic mass is 32.2. The van der Waals surface area contributed by atoms with Gasteiger partial charge in [-0.25, -0.2) is 17.7 Å². The highest BCUT2D eigenvalue weighted by molar-refractivity contribution is 7.90. The molecule has 1 saturated carbocycles. The molecule has 8 nitrogen and oxygen atoms in total. The predicted octanol–water partition coefficient (Wildman–Crippen LogP) is 2.59. The molecule has 3 heterocycles. The number of hydrogen-bond acceptors (Lipinski definition) is 6. The summed E-state index contributed by atoms with van der Waals surface area (Å²) in [5.41, 5.74) is 2.09. The van der Waals surface area contributed by atoms with Gasteiger partial charge in [0.25, 0.3) is 10.0 Å². The zero-order valence-corrected chi connectivity index (χ0v) is 17.2. The first kappa shape index (κ1) is 18.9. The van der Waals surface area contributed by atoms with Crippen LogP contribution in [0.5, 0.6) is 11.5 Å². The minimum absolute atomic E-state index is 0.00910. The van der Waals surface area contributed by atoms with E-state index in [-0.39, 0.29) is 11.5 Å². The summed E-state index contributed by atoms with van der Waals surface area (Å²) in [4.78, 5) is 13.0. The van der Waals surface area contributed by atoms with Gasteiger partial charge in [-0.05, 0) is 48.6 Å². The van der Waals surface area contributed by atoms with Crippen LogP contribution >= 0.6 is 0 Å². The molecule has 30 heavy (non-hydrogen) atoms. The number of amides is 1. The minimum Gasteiger partial charge on any atom is -0.496 e. The first-order valence-electron chi connectivity index (χ1n) is 9.82. The number of pyridine rings is 1. The fourth-order valence-corrected chi connectivity index (χ4v) is 5.39. The Balaban J connectivity index is 1.48. The van der Waals surface area contributed by atoms with E-state index in [0.717, 1.165) is 18.4 Å². The van der Waals surface area contributed by atoms with Gasteiger partial charge in [-0.1, -0.05) is 12.5 Å². The molecule has 3 aromatic rings. The number of nitrogens with one attached hydrogen (secondary N) is 1. The predicted molar refractivity (Wildman–Crippen MR) is 108 cm³/mol. The van der Waals surface area contributed by atoms with Crippen LogP contribution < -0.4 is 14.2 Å². The smallest absolute Gasteiger partial charge is 0.266 e. The quantitative estimate of drug-likeness (QED) is 0.672. The standard InChI is InChI=1S/C21H21N3O5S/c1-28-17-8-7-14(13-4-2-5-13)20-19(17)15(12-29-20)21(25)23-30(26,27)18-6-3-11-24-16(18)9-10-22-24/h3,6-11,13,15H,2,4-5,12H2,1H3,(H,23,25). The van der Waals surface area contributed by atoms with E-state index >= 15 is 0 Å². The number of sulfonamides is 1. The van der Waals surface area contributed by atoms with Gasteiger partial charge >= 0.3 is 0 Å². The number of carbonyl (C=O) groups excluding carboxylic acids is 1. The molecule has 0 bridgehead atoms. The molecule has 1 amide bonds. The number of rotatable bonds is 5. The third kappa shape index (κ3) is 2.92. The lowest BCUT2D eigenvalue weighted by Crippen LogP contribution is -2.35. The van der Waals surface area contributed by atoms with Crippen LogP contribution in [-0.2, 0) is 14.8 Å². The molecule has 1 fully saturated rings. The van der Waals surface area contributed by atoms with Crippen molar-refractivity contribution >= 4 is 21.4 Å². The monoisotopic (exact) mass is 427 g/mol.